The van der Waals surface area contributed by atoms with E-state index in [1.54, 1.807) is 11.0 Å². The zero-order chi connectivity index (χ0) is 16.3. The summed E-state index contributed by atoms with van der Waals surface area (Å²) in [6.07, 6.45) is 3.78. The van der Waals surface area contributed by atoms with E-state index in [9.17, 15) is 13.2 Å². The number of benzene rings is 1. The smallest absolute Gasteiger partial charge is 0.360 e. The lowest BCUT2D eigenvalue weighted by Crippen LogP contribution is -3.18. The van der Waals surface area contributed by atoms with Crippen LogP contribution in [0.15, 0.2) is 24.3 Å². The molecule has 2 aliphatic rings. The van der Waals surface area contributed by atoms with Crippen LogP contribution in [0.5, 0.6) is 0 Å². The fourth-order valence-electron chi connectivity index (χ4n) is 4.03. The number of halogens is 3. The van der Waals surface area contributed by atoms with Crippen LogP contribution in [-0.4, -0.2) is 32.2 Å². The Morgan fingerprint density at radius 2 is 1.61 bits per heavy atom. The van der Waals surface area contributed by atoms with Gasteiger partial charge in [-0.3, -0.25) is 0 Å². The summed E-state index contributed by atoms with van der Waals surface area (Å²) in [5.41, 5.74) is 0.160. The van der Waals surface area contributed by atoms with E-state index < -0.39 is 11.7 Å². The molecule has 0 bridgehead atoms. The highest BCUT2D eigenvalue weighted by Gasteiger charge is 2.32. The van der Waals surface area contributed by atoms with E-state index in [0.29, 0.717) is 5.69 Å². The van der Waals surface area contributed by atoms with Gasteiger partial charge in [0, 0.05) is 5.69 Å². The summed E-state index contributed by atoms with van der Waals surface area (Å²) < 4.78 is 38.6. The van der Waals surface area contributed by atoms with Gasteiger partial charge < -0.3 is 9.80 Å². The third-order valence-corrected chi connectivity index (χ3v) is 5.38. The SMILES string of the molecule is FC(F)(F)c1cccc(N2CC[NH+](C3CCCCCC3)CC2)c1. The number of hydrogen-bond acceptors (Lipinski definition) is 1. The topological polar surface area (TPSA) is 7.68 Å². The maximum Gasteiger partial charge on any atom is 0.416 e. The lowest BCUT2D eigenvalue weighted by atomic mass is 10.1. The van der Waals surface area contributed by atoms with E-state index in [-0.39, 0.29) is 0 Å². The number of alkyl halides is 3. The Bertz CT molecular complexity index is 499. The van der Waals surface area contributed by atoms with Gasteiger partial charge in [-0.2, -0.15) is 13.2 Å². The molecule has 1 saturated carbocycles. The second-order valence-corrected chi connectivity index (χ2v) is 6.88. The summed E-state index contributed by atoms with van der Waals surface area (Å²) >= 11 is 0. The molecule has 1 heterocycles. The van der Waals surface area contributed by atoms with Crippen molar-refractivity contribution in [1.82, 2.24) is 0 Å². The van der Waals surface area contributed by atoms with Crippen LogP contribution < -0.4 is 9.80 Å². The summed E-state index contributed by atoms with van der Waals surface area (Å²) in [7, 11) is 0. The van der Waals surface area contributed by atoms with Crippen molar-refractivity contribution >= 4 is 5.69 Å². The molecule has 3 rings (SSSR count). The monoisotopic (exact) mass is 327 g/mol. The number of hydrogen-bond donors (Lipinski definition) is 1. The molecule has 128 valence electrons. The first-order valence-corrected chi connectivity index (χ1v) is 8.81. The molecule has 23 heavy (non-hydrogen) atoms. The van der Waals surface area contributed by atoms with Crippen LogP contribution in [0, 0.1) is 0 Å². The molecule has 1 aliphatic heterocycles. The van der Waals surface area contributed by atoms with Crippen molar-refractivity contribution < 1.29 is 18.1 Å². The maximum absolute atomic E-state index is 12.9. The van der Waals surface area contributed by atoms with E-state index in [0.717, 1.165) is 38.3 Å². The fourth-order valence-corrected chi connectivity index (χ4v) is 4.03. The summed E-state index contributed by atoms with van der Waals surface area (Å²) in [6, 6.07) is 6.52. The highest BCUT2D eigenvalue weighted by Crippen LogP contribution is 2.31. The Balaban J connectivity index is 1.60. The van der Waals surface area contributed by atoms with E-state index in [1.807, 2.05) is 0 Å². The second-order valence-electron chi connectivity index (χ2n) is 6.88. The second kappa shape index (κ2) is 7.12. The molecular weight excluding hydrogens is 301 g/mol. The number of piperazine rings is 1. The van der Waals surface area contributed by atoms with Gasteiger partial charge >= 0.3 is 6.18 Å². The number of anilines is 1. The molecule has 0 unspecified atom stereocenters. The summed E-state index contributed by atoms with van der Waals surface area (Å²) in [5, 5.41) is 0. The lowest BCUT2D eigenvalue weighted by Gasteiger charge is -2.37. The zero-order valence-electron chi connectivity index (χ0n) is 13.5. The molecule has 2 fully saturated rings. The average Bonchev–Trinajstić information content (AvgIpc) is 2.84. The van der Waals surface area contributed by atoms with Gasteiger partial charge in [-0.25, -0.2) is 0 Å². The first-order chi connectivity index (χ1) is 11.0. The molecule has 1 N–H and O–H groups in total. The number of quaternary nitrogens is 1. The number of nitrogens with zero attached hydrogens (tertiary/aromatic N) is 1. The van der Waals surface area contributed by atoms with Gasteiger partial charge in [0.05, 0.1) is 37.8 Å². The van der Waals surface area contributed by atoms with Gasteiger partial charge in [0.15, 0.2) is 0 Å². The fraction of sp³-hybridized carbons (Fsp3) is 0.667. The van der Waals surface area contributed by atoms with Gasteiger partial charge in [0.2, 0.25) is 0 Å². The predicted octanol–water partition coefficient (Wildman–Crippen LogP) is 3.13. The molecule has 0 amide bonds. The van der Waals surface area contributed by atoms with Crippen LogP contribution >= 0.6 is 0 Å². The minimum absolute atomic E-state index is 0.548. The first kappa shape index (κ1) is 16.6. The van der Waals surface area contributed by atoms with Gasteiger partial charge in [0.25, 0.3) is 0 Å². The van der Waals surface area contributed by atoms with E-state index in [4.69, 9.17) is 0 Å². The van der Waals surface area contributed by atoms with Gasteiger partial charge in [0.1, 0.15) is 0 Å². The quantitative estimate of drug-likeness (QED) is 0.820. The van der Waals surface area contributed by atoms with Gasteiger partial charge in [-0.1, -0.05) is 18.9 Å². The van der Waals surface area contributed by atoms with Crippen molar-refractivity contribution in [1.29, 1.82) is 0 Å². The van der Waals surface area contributed by atoms with E-state index in [2.05, 4.69) is 4.90 Å². The summed E-state index contributed by atoms with van der Waals surface area (Å²) in [6.45, 7) is 3.79. The number of nitrogens with one attached hydrogen (secondary N) is 1. The Morgan fingerprint density at radius 3 is 2.22 bits per heavy atom. The molecule has 1 aromatic rings. The largest absolute Gasteiger partial charge is 0.416 e. The van der Waals surface area contributed by atoms with Crippen molar-refractivity contribution in [2.45, 2.75) is 50.7 Å². The molecule has 0 radical (unpaired) electrons. The molecule has 1 aliphatic carbocycles. The molecule has 1 aromatic carbocycles. The Kier molecular flexibility index (Phi) is 5.14. The first-order valence-electron chi connectivity index (χ1n) is 8.81. The van der Waals surface area contributed by atoms with Crippen molar-refractivity contribution in [3.63, 3.8) is 0 Å². The van der Waals surface area contributed by atoms with Gasteiger partial charge in [-0.15, -0.1) is 0 Å². The van der Waals surface area contributed by atoms with Crippen molar-refractivity contribution in [3.05, 3.63) is 29.8 Å². The van der Waals surface area contributed by atoms with Crippen LogP contribution in [0.3, 0.4) is 0 Å². The molecular formula is C18H26F3N2+. The minimum atomic E-state index is -4.26. The van der Waals surface area contributed by atoms with Crippen molar-refractivity contribution in [2.75, 3.05) is 31.1 Å². The van der Waals surface area contributed by atoms with Crippen LogP contribution in [-0.2, 0) is 6.18 Å². The molecule has 0 spiro atoms. The lowest BCUT2D eigenvalue weighted by molar-refractivity contribution is -0.926. The molecule has 5 heteroatoms. The Hall–Kier alpha value is -1.23. The summed E-state index contributed by atoms with van der Waals surface area (Å²) in [5.74, 6) is 0. The highest BCUT2D eigenvalue weighted by molar-refractivity contribution is 5.49. The molecule has 2 nitrogen and oxygen atoms in total. The zero-order valence-corrected chi connectivity index (χ0v) is 13.5. The maximum atomic E-state index is 12.9. The predicted molar refractivity (Wildman–Crippen MR) is 85.8 cm³/mol. The normalized spacial score (nSPS) is 22.1. The van der Waals surface area contributed by atoms with Gasteiger partial charge in [-0.05, 0) is 43.9 Å². The van der Waals surface area contributed by atoms with Crippen molar-refractivity contribution in [2.24, 2.45) is 0 Å². The highest BCUT2D eigenvalue weighted by atomic mass is 19.4. The standard InChI is InChI=1S/C18H25F3N2/c19-18(20,21)15-6-5-9-17(14-15)23-12-10-22(11-13-23)16-7-3-1-2-4-8-16/h5-6,9,14,16H,1-4,7-8,10-13H2/p+1. The van der Waals surface area contributed by atoms with Crippen LogP contribution in [0.4, 0.5) is 18.9 Å². The van der Waals surface area contributed by atoms with Crippen LogP contribution in [0.25, 0.3) is 0 Å². The molecule has 0 atom stereocenters. The Morgan fingerprint density at radius 1 is 0.957 bits per heavy atom. The van der Waals surface area contributed by atoms with Crippen molar-refractivity contribution in [3.8, 4) is 0 Å². The number of rotatable bonds is 2. The molecule has 0 aromatic heterocycles. The molecule has 1 saturated heterocycles. The van der Waals surface area contributed by atoms with E-state index in [1.165, 1.54) is 50.7 Å². The van der Waals surface area contributed by atoms with E-state index >= 15 is 0 Å². The minimum Gasteiger partial charge on any atom is -0.360 e. The average molecular weight is 327 g/mol. The van der Waals surface area contributed by atoms with Crippen LogP contribution in [0.2, 0.25) is 0 Å². The Labute approximate surface area is 136 Å². The summed E-state index contributed by atoms with van der Waals surface area (Å²) in [4.78, 5) is 3.77. The third-order valence-electron chi connectivity index (χ3n) is 5.38. The van der Waals surface area contributed by atoms with Crippen LogP contribution in [0.1, 0.15) is 44.1 Å². The third kappa shape index (κ3) is 4.19.